The summed E-state index contributed by atoms with van der Waals surface area (Å²) in [6, 6.07) is 5.47. The normalized spacial score (nSPS) is 15.5. The Hall–Kier alpha value is -1.55. The Morgan fingerprint density at radius 3 is 3.07 bits per heavy atom. The maximum Gasteiger partial charge on any atom is 0.219 e. The molecule has 4 heteroatoms. The Bertz CT molecular complexity index is 390. The van der Waals surface area contributed by atoms with Crippen molar-refractivity contribution in [1.29, 1.82) is 0 Å². The first-order chi connectivity index (χ1) is 7.16. The second-order valence-electron chi connectivity index (χ2n) is 3.74. The number of rotatable bonds is 3. The lowest BCUT2D eigenvalue weighted by Crippen LogP contribution is -2.20. The largest absolute Gasteiger partial charge is 0.493 e. The molecule has 15 heavy (non-hydrogen) atoms. The highest BCUT2D eigenvalue weighted by molar-refractivity contribution is 5.74. The average molecular weight is 206 g/mol. The van der Waals surface area contributed by atoms with E-state index in [0.29, 0.717) is 0 Å². The molecular formula is C11H14N2O2. The second kappa shape index (κ2) is 3.90. The molecule has 80 valence electrons. The molecule has 1 aliphatic heterocycles. The molecule has 0 radical (unpaired) electrons. The van der Waals surface area contributed by atoms with Crippen LogP contribution in [-0.2, 0) is 11.2 Å². The van der Waals surface area contributed by atoms with Crippen LogP contribution < -0.4 is 16.2 Å². The molecule has 0 saturated carbocycles. The standard InChI is InChI=1S/C11H14N2O2/c12-9(6-11(13)14)7-1-2-10-8(5-7)3-4-15-10/h1-2,5,9H,3-4,6,12H2,(H2,13,14)/t9-/m1/s1. The second-order valence-corrected chi connectivity index (χ2v) is 3.74. The minimum atomic E-state index is -0.376. The van der Waals surface area contributed by atoms with Crippen molar-refractivity contribution in [3.63, 3.8) is 0 Å². The zero-order valence-electron chi connectivity index (χ0n) is 8.40. The summed E-state index contributed by atoms with van der Waals surface area (Å²) in [4.78, 5) is 10.7. The minimum absolute atomic E-state index is 0.180. The van der Waals surface area contributed by atoms with Gasteiger partial charge in [-0.25, -0.2) is 0 Å². The highest BCUT2D eigenvalue weighted by Gasteiger charge is 2.15. The molecule has 1 heterocycles. The number of nitrogens with two attached hydrogens (primary N) is 2. The average Bonchev–Trinajstić information content (AvgIpc) is 2.62. The number of primary amides is 1. The summed E-state index contributed by atoms with van der Waals surface area (Å²) in [6.45, 7) is 0.726. The molecule has 4 nitrogen and oxygen atoms in total. The molecule has 0 spiro atoms. The molecule has 2 rings (SSSR count). The molecule has 1 atom stereocenters. The van der Waals surface area contributed by atoms with Gasteiger partial charge in [0.25, 0.3) is 0 Å². The Balaban J connectivity index is 2.19. The van der Waals surface area contributed by atoms with Gasteiger partial charge < -0.3 is 16.2 Å². The third kappa shape index (κ3) is 2.10. The van der Waals surface area contributed by atoms with Crippen LogP contribution in [0.2, 0.25) is 0 Å². The number of hydrogen-bond donors (Lipinski definition) is 2. The Kier molecular flexibility index (Phi) is 2.60. The van der Waals surface area contributed by atoms with E-state index in [1.54, 1.807) is 0 Å². The van der Waals surface area contributed by atoms with Crippen LogP contribution in [0.1, 0.15) is 23.6 Å². The zero-order valence-corrected chi connectivity index (χ0v) is 8.40. The number of carbonyl (C=O) groups excluding carboxylic acids is 1. The van der Waals surface area contributed by atoms with E-state index in [-0.39, 0.29) is 18.4 Å². The Morgan fingerprint density at radius 1 is 1.53 bits per heavy atom. The van der Waals surface area contributed by atoms with Gasteiger partial charge in [-0.2, -0.15) is 0 Å². The SMILES string of the molecule is NC(=O)C[C@@H](N)c1ccc2c(c1)CCO2. The van der Waals surface area contributed by atoms with Gasteiger partial charge in [0.2, 0.25) is 5.91 Å². The van der Waals surface area contributed by atoms with E-state index in [2.05, 4.69) is 0 Å². The summed E-state index contributed by atoms with van der Waals surface area (Å²) < 4.78 is 5.38. The Morgan fingerprint density at radius 2 is 2.33 bits per heavy atom. The number of benzene rings is 1. The van der Waals surface area contributed by atoms with Crippen molar-refractivity contribution in [1.82, 2.24) is 0 Å². The number of hydrogen-bond acceptors (Lipinski definition) is 3. The first-order valence-corrected chi connectivity index (χ1v) is 4.96. The third-order valence-corrected chi connectivity index (χ3v) is 2.56. The lowest BCUT2D eigenvalue weighted by Gasteiger charge is -2.10. The predicted octanol–water partition coefficient (Wildman–Crippen LogP) is 0.497. The van der Waals surface area contributed by atoms with Gasteiger partial charge in [-0.05, 0) is 17.2 Å². The van der Waals surface area contributed by atoms with Gasteiger partial charge in [0.05, 0.1) is 6.61 Å². The highest BCUT2D eigenvalue weighted by Crippen LogP contribution is 2.28. The topological polar surface area (TPSA) is 78.3 Å². The summed E-state index contributed by atoms with van der Waals surface area (Å²) in [6.07, 6.45) is 1.09. The molecule has 1 aliphatic rings. The summed E-state index contributed by atoms with van der Waals surface area (Å²) in [5, 5.41) is 0. The maximum atomic E-state index is 10.7. The zero-order chi connectivity index (χ0) is 10.8. The van der Waals surface area contributed by atoms with Crippen LogP contribution in [0.25, 0.3) is 0 Å². The molecule has 0 aromatic heterocycles. The van der Waals surface area contributed by atoms with E-state index in [9.17, 15) is 4.79 Å². The van der Waals surface area contributed by atoms with Crippen LogP contribution in [-0.4, -0.2) is 12.5 Å². The monoisotopic (exact) mass is 206 g/mol. The van der Waals surface area contributed by atoms with E-state index in [1.165, 1.54) is 0 Å². The summed E-state index contributed by atoms with van der Waals surface area (Å²) in [5.41, 5.74) is 13.1. The van der Waals surface area contributed by atoms with E-state index >= 15 is 0 Å². The summed E-state index contributed by atoms with van der Waals surface area (Å²) in [5.74, 6) is 0.546. The van der Waals surface area contributed by atoms with Crippen LogP contribution in [0.5, 0.6) is 5.75 Å². The van der Waals surface area contributed by atoms with E-state index in [1.807, 2.05) is 18.2 Å². The van der Waals surface area contributed by atoms with Gasteiger partial charge in [0.1, 0.15) is 5.75 Å². The number of amides is 1. The third-order valence-electron chi connectivity index (χ3n) is 2.56. The van der Waals surface area contributed by atoms with Gasteiger partial charge >= 0.3 is 0 Å². The van der Waals surface area contributed by atoms with Crippen molar-refractivity contribution in [2.75, 3.05) is 6.61 Å². The van der Waals surface area contributed by atoms with Crippen LogP contribution in [0.4, 0.5) is 0 Å². The fourth-order valence-corrected chi connectivity index (χ4v) is 1.77. The van der Waals surface area contributed by atoms with Gasteiger partial charge in [0.15, 0.2) is 0 Å². The van der Waals surface area contributed by atoms with E-state index < -0.39 is 0 Å². The quantitative estimate of drug-likeness (QED) is 0.755. The van der Waals surface area contributed by atoms with Crippen LogP contribution in [0.3, 0.4) is 0 Å². The van der Waals surface area contributed by atoms with Crippen molar-refractivity contribution in [3.8, 4) is 5.75 Å². The van der Waals surface area contributed by atoms with Crippen molar-refractivity contribution in [2.45, 2.75) is 18.9 Å². The molecule has 1 amide bonds. The molecule has 1 aromatic carbocycles. The van der Waals surface area contributed by atoms with Crippen molar-refractivity contribution < 1.29 is 9.53 Å². The smallest absolute Gasteiger partial charge is 0.219 e. The fourth-order valence-electron chi connectivity index (χ4n) is 1.77. The van der Waals surface area contributed by atoms with Crippen LogP contribution >= 0.6 is 0 Å². The first-order valence-electron chi connectivity index (χ1n) is 4.96. The van der Waals surface area contributed by atoms with Crippen molar-refractivity contribution in [2.24, 2.45) is 11.5 Å². The molecule has 0 aliphatic carbocycles. The van der Waals surface area contributed by atoms with Gasteiger partial charge in [0, 0.05) is 18.9 Å². The van der Waals surface area contributed by atoms with Crippen LogP contribution in [0.15, 0.2) is 18.2 Å². The fraction of sp³-hybridized carbons (Fsp3) is 0.364. The predicted molar refractivity (Wildman–Crippen MR) is 56.4 cm³/mol. The number of carbonyl (C=O) groups is 1. The molecule has 0 saturated heterocycles. The maximum absolute atomic E-state index is 10.7. The number of ether oxygens (including phenoxy) is 1. The molecule has 4 N–H and O–H groups in total. The van der Waals surface area contributed by atoms with Gasteiger partial charge in [-0.3, -0.25) is 4.79 Å². The Labute approximate surface area is 88.2 Å². The lowest BCUT2D eigenvalue weighted by molar-refractivity contribution is -0.118. The van der Waals surface area contributed by atoms with Crippen molar-refractivity contribution in [3.05, 3.63) is 29.3 Å². The molecule has 0 fully saturated rings. The minimum Gasteiger partial charge on any atom is -0.493 e. The lowest BCUT2D eigenvalue weighted by atomic mass is 10.0. The van der Waals surface area contributed by atoms with E-state index in [0.717, 1.165) is 29.9 Å². The van der Waals surface area contributed by atoms with Crippen LogP contribution in [0, 0.1) is 0 Å². The van der Waals surface area contributed by atoms with Crippen molar-refractivity contribution >= 4 is 5.91 Å². The molecule has 0 unspecified atom stereocenters. The number of fused-ring (bicyclic) bond motifs is 1. The summed E-state index contributed by atoms with van der Waals surface area (Å²) in [7, 11) is 0. The first kappa shape index (κ1) is 9.98. The van der Waals surface area contributed by atoms with Gasteiger partial charge in [-0.1, -0.05) is 12.1 Å². The molecule has 1 aromatic rings. The molecule has 0 bridgehead atoms. The molecular weight excluding hydrogens is 192 g/mol. The highest BCUT2D eigenvalue weighted by atomic mass is 16.5. The summed E-state index contributed by atoms with van der Waals surface area (Å²) >= 11 is 0. The van der Waals surface area contributed by atoms with Gasteiger partial charge in [-0.15, -0.1) is 0 Å². The van der Waals surface area contributed by atoms with E-state index in [4.69, 9.17) is 16.2 Å².